The summed E-state index contributed by atoms with van der Waals surface area (Å²) in [5.74, 6) is 0.0211. The first kappa shape index (κ1) is 20.9. The largest absolute Gasteiger partial charge is 0.345 e. The van der Waals surface area contributed by atoms with Crippen LogP contribution in [-0.2, 0) is 4.79 Å². The van der Waals surface area contributed by atoms with Crippen molar-refractivity contribution in [2.75, 3.05) is 18.4 Å². The van der Waals surface area contributed by atoms with Gasteiger partial charge in [0.2, 0.25) is 5.91 Å². The van der Waals surface area contributed by atoms with Crippen LogP contribution < -0.4 is 16.0 Å². The Morgan fingerprint density at radius 1 is 1.00 bits per heavy atom. The Balaban J connectivity index is 0.00000261. The van der Waals surface area contributed by atoms with Crippen LogP contribution in [0.5, 0.6) is 0 Å². The van der Waals surface area contributed by atoms with Gasteiger partial charge in [0.15, 0.2) is 0 Å². The van der Waals surface area contributed by atoms with E-state index in [4.69, 9.17) is 0 Å². The summed E-state index contributed by atoms with van der Waals surface area (Å²) in [5, 5.41) is 9.11. The molecule has 2 unspecified atom stereocenters. The summed E-state index contributed by atoms with van der Waals surface area (Å²) in [5.41, 5.74) is 2.06. The second-order valence-electron chi connectivity index (χ2n) is 6.85. The number of carbonyl (C=O) groups excluding carboxylic acids is 2. The summed E-state index contributed by atoms with van der Waals surface area (Å²) in [6, 6.07) is 16.8. The highest BCUT2D eigenvalue weighted by Crippen LogP contribution is 2.21. The van der Waals surface area contributed by atoms with Gasteiger partial charge in [-0.25, -0.2) is 0 Å². The molecule has 0 saturated carbocycles. The molecule has 144 valence electrons. The smallest absolute Gasteiger partial charge is 0.253 e. The maximum atomic E-state index is 12.7. The zero-order valence-corrected chi connectivity index (χ0v) is 16.4. The highest BCUT2D eigenvalue weighted by atomic mass is 35.5. The number of benzene rings is 2. The topological polar surface area (TPSA) is 70.2 Å². The van der Waals surface area contributed by atoms with E-state index in [1.54, 1.807) is 18.2 Å². The van der Waals surface area contributed by atoms with E-state index in [9.17, 15) is 9.59 Å². The summed E-state index contributed by atoms with van der Waals surface area (Å²) in [6.07, 6.45) is 0. The molecule has 1 saturated heterocycles. The van der Waals surface area contributed by atoms with E-state index in [1.165, 1.54) is 0 Å². The van der Waals surface area contributed by atoms with Crippen LogP contribution in [-0.4, -0.2) is 24.9 Å². The minimum Gasteiger partial charge on any atom is -0.345 e. The second-order valence-corrected chi connectivity index (χ2v) is 6.85. The molecule has 3 rings (SSSR count). The summed E-state index contributed by atoms with van der Waals surface area (Å²) < 4.78 is 0. The van der Waals surface area contributed by atoms with Gasteiger partial charge < -0.3 is 16.0 Å². The average Bonchev–Trinajstić information content (AvgIpc) is 2.61. The number of rotatable bonds is 6. The van der Waals surface area contributed by atoms with Gasteiger partial charge in [-0.1, -0.05) is 49.4 Å². The number of nitrogens with one attached hydrogen (secondary N) is 3. The van der Waals surface area contributed by atoms with Crippen molar-refractivity contribution < 1.29 is 9.59 Å². The molecular weight excluding hydrogens is 362 g/mol. The third-order valence-electron chi connectivity index (χ3n) is 5.01. The number of carbonyl (C=O) groups is 2. The van der Waals surface area contributed by atoms with Crippen molar-refractivity contribution in [2.24, 2.45) is 11.8 Å². The van der Waals surface area contributed by atoms with Crippen LogP contribution in [0.4, 0.5) is 5.69 Å². The molecule has 0 radical (unpaired) electrons. The van der Waals surface area contributed by atoms with Gasteiger partial charge in [-0.2, -0.15) is 0 Å². The van der Waals surface area contributed by atoms with Gasteiger partial charge in [0.05, 0.1) is 17.3 Å². The van der Waals surface area contributed by atoms with E-state index >= 15 is 0 Å². The fourth-order valence-corrected chi connectivity index (χ4v) is 3.01. The molecule has 0 aromatic heterocycles. The SMILES string of the molecule is CC(NC(=O)c1ccccc1NC(=O)C(C)C1CNC1)c1ccccc1.Cl. The van der Waals surface area contributed by atoms with Crippen LogP contribution in [0.15, 0.2) is 54.6 Å². The molecule has 2 aromatic carbocycles. The molecule has 27 heavy (non-hydrogen) atoms. The molecule has 2 atom stereocenters. The van der Waals surface area contributed by atoms with Crippen LogP contribution in [0.1, 0.15) is 35.8 Å². The third kappa shape index (κ3) is 5.08. The number of amides is 2. The normalized spacial score (nSPS) is 15.6. The Hall–Kier alpha value is -2.37. The average molecular weight is 388 g/mol. The van der Waals surface area contributed by atoms with E-state index in [1.807, 2.05) is 50.2 Å². The maximum Gasteiger partial charge on any atom is 0.253 e. The predicted molar refractivity (Wildman–Crippen MR) is 110 cm³/mol. The quantitative estimate of drug-likeness (QED) is 0.711. The molecular formula is C21H26ClN3O2. The number of hydrogen-bond acceptors (Lipinski definition) is 3. The summed E-state index contributed by atoms with van der Waals surface area (Å²) >= 11 is 0. The number of para-hydroxylation sites is 1. The van der Waals surface area contributed by atoms with Crippen LogP contribution in [0.2, 0.25) is 0 Å². The first-order valence-corrected chi connectivity index (χ1v) is 9.02. The minimum absolute atomic E-state index is 0. The van der Waals surface area contributed by atoms with Crippen molar-refractivity contribution in [3.63, 3.8) is 0 Å². The third-order valence-corrected chi connectivity index (χ3v) is 5.01. The van der Waals surface area contributed by atoms with Gasteiger partial charge in [0.1, 0.15) is 0 Å². The van der Waals surface area contributed by atoms with Gasteiger partial charge in [-0.15, -0.1) is 12.4 Å². The first-order chi connectivity index (χ1) is 12.6. The molecule has 1 fully saturated rings. The zero-order valence-electron chi connectivity index (χ0n) is 15.6. The molecule has 1 heterocycles. The Labute approximate surface area is 166 Å². The summed E-state index contributed by atoms with van der Waals surface area (Å²) in [6.45, 7) is 5.61. The van der Waals surface area contributed by atoms with Crippen molar-refractivity contribution in [1.29, 1.82) is 0 Å². The maximum absolute atomic E-state index is 12.7. The van der Waals surface area contributed by atoms with Crippen LogP contribution in [0, 0.1) is 11.8 Å². The Kier molecular flexibility index (Phi) is 7.39. The van der Waals surface area contributed by atoms with E-state index in [-0.39, 0.29) is 36.2 Å². The summed E-state index contributed by atoms with van der Waals surface area (Å²) in [7, 11) is 0. The van der Waals surface area contributed by atoms with E-state index < -0.39 is 0 Å². The second kappa shape index (κ2) is 9.53. The minimum atomic E-state index is -0.199. The fraction of sp³-hybridized carbons (Fsp3) is 0.333. The molecule has 2 amide bonds. The fourth-order valence-electron chi connectivity index (χ4n) is 3.01. The lowest BCUT2D eigenvalue weighted by Crippen LogP contribution is -2.48. The number of anilines is 1. The lowest BCUT2D eigenvalue weighted by atomic mass is 9.88. The van der Waals surface area contributed by atoms with Crippen molar-refractivity contribution in [1.82, 2.24) is 10.6 Å². The zero-order chi connectivity index (χ0) is 18.5. The Morgan fingerprint density at radius 3 is 2.26 bits per heavy atom. The lowest BCUT2D eigenvalue weighted by molar-refractivity contribution is -0.121. The van der Waals surface area contributed by atoms with Crippen molar-refractivity contribution in [3.8, 4) is 0 Å². The molecule has 1 aliphatic heterocycles. The van der Waals surface area contributed by atoms with Gasteiger partial charge >= 0.3 is 0 Å². The predicted octanol–water partition coefficient (Wildman–Crippen LogP) is 3.39. The monoisotopic (exact) mass is 387 g/mol. The van der Waals surface area contributed by atoms with Gasteiger partial charge in [-0.3, -0.25) is 9.59 Å². The van der Waals surface area contributed by atoms with Gasteiger partial charge in [0, 0.05) is 5.92 Å². The van der Waals surface area contributed by atoms with Crippen LogP contribution in [0.25, 0.3) is 0 Å². The Bertz CT molecular complexity index is 778. The highest BCUT2D eigenvalue weighted by molar-refractivity contribution is 6.04. The van der Waals surface area contributed by atoms with E-state index in [0.717, 1.165) is 18.7 Å². The molecule has 5 nitrogen and oxygen atoms in total. The molecule has 3 N–H and O–H groups in total. The molecule has 6 heteroatoms. The molecule has 0 bridgehead atoms. The van der Waals surface area contributed by atoms with Crippen molar-refractivity contribution >= 4 is 29.9 Å². The molecule has 0 aliphatic carbocycles. The standard InChI is InChI=1S/C21H25N3O2.ClH/c1-14(17-12-22-13-17)20(25)24-19-11-7-6-10-18(19)21(26)23-15(2)16-8-4-3-5-9-16;/h3-11,14-15,17,22H,12-13H2,1-2H3,(H,23,26)(H,24,25);1H. The van der Waals surface area contributed by atoms with E-state index in [2.05, 4.69) is 16.0 Å². The summed E-state index contributed by atoms with van der Waals surface area (Å²) in [4.78, 5) is 25.2. The van der Waals surface area contributed by atoms with Crippen LogP contribution in [0.3, 0.4) is 0 Å². The highest BCUT2D eigenvalue weighted by Gasteiger charge is 2.29. The number of halogens is 1. The van der Waals surface area contributed by atoms with Crippen LogP contribution >= 0.6 is 12.4 Å². The van der Waals surface area contributed by atoms with Crippen molar-refractivity contribution in [3.05, 3.63) is 65.7 Å². The Morgan fingerprint density at radius 2 is 1.63 bits per heavy atom. The molecule has 1 aliphatic rings. The first-order valence-electron chi connectivity index (χ1n) is 9.02. The van der Waals surface area contributed by atoms with Gasteiger partial charge in [0.25, 0.3) is 5.91 Å². The van der Waals surface area contributed by atoms with Gasteiger partial charge in [-0.05, 0) is 43.6 Å². The van der Waals surface area contributed by atoms with Crippen molar-refractivity contribution in [2.45, 2.75) is 19.9 Å². The molecule has 0 spiro atoms. The lowest BCUT2D eigenvalue weighted by Gasteiger charge is -2.31. The number of hydrogen-bond donors (Lipinski definition) is 3. The molecule has 2 aromatic rings. The van der Waals surface area contributed by atoms with E-state index in [0.29, 0.717) is 17.2 Å².